The molecule has 2 heteroatoms. The number of hydrogen-bond donors (Lipinski definition) is 0. The molecular weight excluding hydrogens is 280 g/mol. The van der Waals surface area contributed by atoms with Crippen LogP contribution in [0, 0.1) is 0 Å². The van der Waals surface area contributed by atoms with Crippen molar-refractivity contribution >= 4 is 31.9 Å². The van der Waals surface area contributed by atoms with Crippen molar-refractivity contribution in [3.63, 3.8) is 0 Å². The Bertz CT molecular complexity index is 208. The average molecular weight is 292 g/mol. The van der Waals surface area contributed by atoms with Crippen LogP contribution in [-0.2, 0) is 6.42 Å². The van der Waals surface area contributed by atoms with Crippen molar-refractivity contribution in [2.24, 2.45) is 0 Å². The van der Waals surface area contributed by atoms with E-state index < -0.39 is 0 Å². The molecule has 0 spiro atoms. The molecular formula is C10H12Br2. The third-order valence-electron chi connectivity index (χ3n) is 1.72. The van der Waals surface area contributed by atoms with Crippen LogP contribution in [-0.4, -0.2) is 10.2 Å². The van der Waals surface area contributed by atoms with Crippen molar-refractivity contribution in [3.8, 4) is 0 Å². The van der Waals surface area contributed by atoms with E-state index in [4.69, 9.17) is 0 Å². The second kappa shape index (κ2) is 5.76. The minimum Gasteiger partial charge on any atom is -0.0928 e. The Morgan fingerprint density at radius 3 is 2.42 bits per heavy atom. The first kappa shape index (κ1) is 10.3. The average Bonchev–Trinajstić information content (AvgIpc) is 2.06. The highest BCUT2D eigenvalue weighted by Gasteiger charge is 2.03. The maximum Gasteiger partial charge on any atom is 0.0194 e. The molecule has 0 N–H and O–H groups in total. The van der Waals surface area contributed by atoms with Gasteiger partial charge in [0.1, 0.15) is 0 Å². The summed E-state index contributed by atoms with van der Waals surface area (Å²) in [4.78, 5) is 0.597. The molecule has 0 heterocycles. The summed E-state index contributed by atoms with van der Waals surface area (Å²) in [5.41, 5.74) is 1.40. The number of rotatable bonds is 4. The van der Waals surface area contributed by atoms with Gasteiger partial charge in [0.05, 0.1) is 0 Å². The Labute approximate surface area is 90.6 Å². The summed E-state index contributed by atoms with van der Waals surface area (Å²) < 4.78 is 0. The van der Waals surface area contributed by atoms with Crippen molar-refractivity contribution in [2.45, 2.75) is 17.7 Å². The van der Waals surface area contributed by atoms with Crippen molar-refractivity contribution in [3.05, 3.63) is 35.9 Å². The summed E-state index contributed by atoms with van der Waals surface area (Å²) in [6.45, 7) is 0. The van der Waals surface area contributed by atoms with Gasteiger partial charge in [-0.25, -0.2) is 0 Å². The van der Waals surface area contributed by atoms with Crippen molar-refractivity contribution in [1.82, 2.24) is 0 Å². The third kappa shape index (κ3) is 3.72. The quantitative estimate of drug-likeness (QED) is 0.741. The normalized spacial score (nSPS) is 12.8. The molecule has 0 radical (unpaired) electrons. The molecule has 0 fully saturated rings. The topological polar surface area (TPSA) is 0 Å². The number of hydrogen-bond acceptors (Lipinski definition) is 0. The predicted octanol–water partition coefficient (Wildman–Crippen LogP) is 3.78. The monoisotopic (exact) mass is 290 g/mol. The van der Waals surface area contributed by atoms with E-state index in [0.29, 0.717) is 4.83 Å². The zero-order valence-corrected chi connectivity index (χ0v) is 10.0. The molecule has 0 aliphatic rings. The molecule has 1 aromatic carbocycles. The first-order valence-corrected chi connectivity index (χ1v) is 6.10. The summed E-state index contributed by atoms with van der Waals surface area (Å²) in [7, 11) is 0. The number of benzene rings is 1. The molecule has 1 rings (SSSR count). The van der Waals surface area contributed by atoms with Crippen LogP contribution in [0.2, 0.25) is 0 Å². The first-order chi connectivity index (χ1) is 5.83. The van der Waals surface area contributed by atoms with E-state index in [1.165, 1.54) is 12.0 Å². The van der Waals surface area contributed by atoms with Gasteiger partial charge in [-0.15, -0.1) is 0 Å². The molecule has 12 heavy (non-hydrogen) atoms. The Kier molecular flexibility index (Phi) is 4.93. The highest BCUT2D eigenvalue weighted by Crippen LogP contribution is 2.13. The molecule has 0 aliphatic carbocycles. The standard InChI is InChI=1S/C10H12Br2/c11-7-6-10(12)8-9-4-2-1-3-5-9/h1-5,10H,6-8H2/t10-/m1/s1. The number of halogens is 2. The largest absolute Gasteiger partial charge is 0.0928 e. The zero-order valence-electron chi connectivity index (χ0n) is 6.84. The van der Waals surface area contributed by atoms with Crippen molar-refractivity contribution in [1.29, 1.82) is 0 Å². The van der Waals surface area contributed by atoms with Gasteiger partial charge in [0.25, 0.3) is 0 Å². The lowest BCUT2D eigenvalue weighted by Crippen LogP contribution is -2.02. The van der Waals surface area contributed by atoms with Crippen molar-refractivity contribution in [2.75, 3.05) is 5.33 Å². The van der Waals surface area contributed by atoms with Gasteiger partial charge < -0.3 is 0 Å². The smallest absolute Gasteiger partial charge is 0.0194 e. The third-order valence-corrected chi connectivity index (χ3v) is 2.96. The van der Waals surface area contributed by atoms with Crippen LogP contribution in [0.5, 0.6) is 0 Å². The van der Waals surface area contributed by atoms with Crippen LogP contribution < -0.4 is 0 Å². The van der Waals surface area contributed by atoms with E-state index in [-0.39, 0.29) is 0 Å². The van der Waals surface area contributed by atoms with Gasteiger partial charge in [0.2, 0.25) is 0 Å². The summed E-state index contributed by atoms with van der Waals surface area (Å²) >= 11 is 7.08. The van der Waals surface area contributed by atoms with E-state index in [2.05, 4.69) is 62.2 Å². The van der Waals surface area contributed by atoms with Gasteiger partial charge >= 0.3 is 0 Å². The molecule has 0 nitrogen and oxygen atoms in total. The highest BCUT2D eigenvalue weighted by molar-refractivity contribution is 9.10. The molecule has 0 saturated heterocycles. The Morgan fingerprint density at radius 1 is 1.17 bits per heavy atom. The van der Waals surface area contributed by atoms with Crippen molar-refractivity contribution < 1.29 is 0 Å². The van der Waals surface area contributed by atoms with Gasteiger partial charge in [-0.05, 0) is 18.4 Å². The highest BCUT2D eigenvalue weighted by atomic mass is 79.9. The molecule has 1 aromatic rings. The van der Waals surface area contributed by atoms with Crippen LogP contribution in [0.1, 0.15) is 12.0 Å². The van der Waals surface area contributed by atoms with Gasteiger partial charge in [-0.1, -0.05) is 62.2 Å². The van der Waals surface area contributed by atoms with Gasteiger partial charge in [-0.2, -0.15) is 0 Å². The first-order valence-electron chi connectivity index (χ1n) is 4.07. The van der Waals surface area contributed by atoms with Gasteiger partial charge in [0.15, 0.2) is 0 Å². The lowest BCUT2D eigenvalue weighted by atomic mass is 10.1. The van der Waals surface area contributed by atoms with Crippen LogP contribution in [0.25, 0.3) is 0 Å². The molecule has 0 saturated carbocycles. The molecule has 1 atom stereocenters. The SMILES string of the molecule is BrCC[C@@H](Br)Cc1ccccc1. The molecule has 0 aliphatic heterocycles. The van der Waals surface area contributed by atoms with Crippen LogP contribution in [0.4, 0.5) is 0 Å². The van der Waals surface area contributed by atoms with E-state index in [1.807, 2.05) is 0 Å². The summed E-state index contributed by atoms with van der Waals surface area (Å²) in [6, 6.07) is 10.6. The Hall–Kier alpha value is 0.180. The fraction of sp³-hybridized carbons (Fsp3) is 0.400. The van der Waals surface area contributed by atoms with Crippen LogP contribution >= 0.6 is 31.9 Å². The summed E-state index contributed by atoms with van der Waals surface area (Å²) in [5.74, 6) is 0. The Balaban J connectivity index is 2.41. The second-order valence-corrected chi connectivity index (χ2v) is 4.85. The van der Waals surface area contributed by atoms with Gasteiger partial charge in [-0.3, -0.25) is 0 Å². The maximum atomic E-state index is 3.64. The Morgan fingerprint density at radius 2 is 1.83 bits per heavy atom. The van der Waals surface area contributed by atoms with E-state index in [9.17, 15) is 0 Å². The predicted molar refractivity (Wildman–Crippen MR) is 61.3 cm³/mol. The van der Waals surface area contributed by atoms with Crippen LogP contribution in [0.15, 0.2) is 30.3 Å². The fourth-order valence-corrected chi connectivity index (χ4v) is 2.86. The molecule has 66 valence electrons. The van der Waals surface area contributed by atoms with E-state index >= 15 is 0 Å². The molecule has 0 amide bonds. The minimum atomic E-state index is 0.597. The lowest BCUT2D eigenvalue weighted by Gasteiger charge is -2.06. The molecule has 0 bridgehead atoms. The van der Waals surface area contributed by atoms with Gasteiger partial charge in [0, 0.05) is 10.2 Å². The van der Waals surface area contributed by atoms with Crippen LogP contribution in [0.3, 0.4) is 0 Å². The summed E-state index contributed by atoms with van der Waals surface area (Å²) in [5, 5.41) is 1.07. The second-order valence-electron chi connectivity index (χ2n) is 2.76. The van der Waals surface area contributed by atoms with E-state index in [1.54, 1.807) is 0 Å². The minimum absolute atomic E-state index is 0.597. The maximum absolute atomic E-state index is 3.64. The summed E-state index contributed by atoms with van der Waals surface area (Å²) in [6.07, 6.45) is 2.29. The zero-order chi connectivity index (χ0) is 8.81. The van der Waals surface area contributed by atoms with E-state index in [0.717, 1.165) is 11.8 Å². The molecule has 0 unspecified atom stereocenters. The molecule has 0 aromatic heterocycles. The lowest BCUT2D eigenvalue weighted by molar-refractivity contribution is 0.841. The number of alkyl halides is 2. The fourth-order valence-electron chi connectivity index (χ4n) is 1.09.